The number of carbonyl (C=O) groups excluding carboxylic acids is 2. The molecule has 2 amide bonds. The van der Waals surface area contributed by atoms with Crippen LogP contribution in [-0.4, -0.2) is 36.3 Å². The highest BCUT2D eigenvalue weighted by Gasteiger charge is 2.36. The van der Waals surface area contributed by atoms with Crippen molar-refractivity contribution in [2.45, 2.75) is 31.7 Å². The standard InChI is InChI=1S/C21H27N3O2S.ClH/c1-21(22,17-6-3-2-4-7-17)20(26)24-13-10-16(11-14-24)19(25)23-12-9-18-8-5-15-27-18;/h2-8,15-16H,9-14,22H2,1H3,(H,23,25);1H. The van der Waals surface area contributed by atoms with E-state index >= 15 is 0 Å². The number of likely N-dealkylation sites (tertiary alicyclic amines) is 1. The summed E-state index contributed by atoms with van der Waals surface area (Å²) in [7, 11) is 0. The van der Waals surface area contributed by atoms with E-state index in [1.165, 1.54) is 4.88 Å². The molecular formula is C21H28ClN3O2S. The Labute approximate surface area is 176 Å². The maximum absolute atomic E-state index is 12.9. The highest BCUT2D eigenvalue weighted by molar-refractivity contribution is 7.09. The van der Waals surface area contributed by atoms with E-state index in [9.17, 15) is 9.59 Å². The van der Waals surface area contributed by atoms with Crippen molar-refractivity contribution >= 4 is 35.6 Å². The van der Waals surface area contributed by atoms with Gasteiger partial charge in [-0.05, 0) is 43.2 Å². The summed E-state index contributed by atoms with van der Waals surface area (Å²) < 4.78 is 0. The van der Waals surface area contributed by atoms with Crippen LogP contribution in [0, 0.1) is 5.92 Å². The molecule has 5 nitrogen and oxygen atoms in total. The number of rotatable bonds is 6. The number of hydrogen-bond donors (Lipinski definition) is 2. The van der Waals surface area contributed by atoms with Crippen LogP contribution in [-0.2, 0) is 21.5 Å². The summed E-state index contributed by atoms with van der Waals surface area (Å²) in [6.07, 6.45) is 2.23. The molecule has 7 heteroatoms. The summed E-state index contributed by atoms with van der Waals surface area (Å²) in [5.74, 6) is -0.0133. The lowest BCUT2D eigenvalue weighted by Gasteiger charge is -2.36. The van der Waals surface area contributed by atoms with Crippen molar-refractivity contribution in [3.8, 4) is 0 Å². The number of halogens is 1. The molecule has 0 bridgehead atoms. The van der Waals surface area contributed by atoms with Crippen molar-refractivity contribution < 1.29 is 9.59 Å². The molecule has 2 aromatic rings. The molecule has 1 aliphatic heterocycles. The molecule has 1 aromatic carbocycles. The van der Waals surface area contributed by atoms with Crippen molar-refractivity contribution in [1.82, 2.24) is 10.2 Å². The molecule has 152 valence electrons. The van der Waals surface area contributed by atoms with Gasteiger partial charge in [0.2, 0.25) is 11.8 Å². The Kier molecular flexibility index (Phi) is 8.04. The van der Waals surface area contributed by atoms with Crippen molar-refractivity contribution in [3.63, 3.8) is 0 Å². The molecule has 1 fully saturated rings. The van der Waals surface area contributed by atoms with Crippen LogP contribution in [0.1, 0.15) is 30.2 Å². The summed E-state index contributed by atoms with van der Waals surface area (Å²) in [6, 6.07) is 13.6. The number of amides is 2. The Bertz CT molecular complexity index is 757. The van der Waals surface area contributed by atoms with Crippen LogP contribution in [0.3, 0.4) is 0 Å². The first-order valence-corrected chi connectivity index (χ1v) is 10.3. The van der Waals surface area contributed by atoms with Gasteiger partial charge in [-0.15, -0.1) is 23.7 Å². The molecule has 2 heterocycles. The van der Waals surface area contributed by atoms with Crippen LogP contribution in [0.4, 0.5) is 0 Å². The van der Waals surface area contributed by atoms with Gasteiger partial charge >= 0.3 is 0 Å². The molecule has 0 spiro atoms. The molecule has 1 atom stereocenters. The summed E-state index contributed by atoms with van der Waals surface area (Å²) in [5, 5.41) is 5.08. The number of carbonyl (C=O) groups is 2. The van der Waals surface area contributed by atoms with Gasteiger partial charge in [-0.25, -0.2) is 0 Å². The first kappa shape index (κ1) is 22.4. The Hall–Kier alpha value is -1.89. The molecule has 28 heavy (non-hydrogen) atoms. The monoisotopic (exact) mass is 421 g/mol. The van der Waals surface area contributed by atoms with Gasteiger partial charge in [-0.1, -0.05) is 36.4 Å². The lowest BCUT2D eigenvalue weighted by molar-refractivity contribution is -0.140. The number of nitrogens with two attached hydrogens (primary N) is 1. The van der Waals surface area contributed by atoms with E-state index in [1.54, 1.807) is 23.2 Å². The molecule has 3 rings (SSSR count). The van der Waals surface area contributed by atoms with Gasteiger partial charge in [0.1, 0.15) is 5.54 Å². The van der Waals surface area contributed by atoms with Gasteiger partial charge in [0.05, 0.1) is 0 Å². The predicted molar refractivity (Wildman–Crippen MR) is 116 cm³/mol. The maximum Gasteiger partial charge on any atom is 0.246 e. The number of nitrogens with zero attached hydrogens (tertiary/aromatic N) is 1. The van der Waals surface area contributed by atoms with Gasteiger partial charge in [-0.3, -0.25) is 9.59 Å². The maximum atomic E-state index is 12.9. The van der Waals surface area contributed by atoms with Crippen LogP contribution >= 0.6 is 23.7 Å². The van der Waals surface area contributed by atoms with Gasteiger partial charge in [0.15, 0.2) is 0 Å². The van der Waals surface area contributed by atoms with Gasteiger partial charge in [0.25, 0.3) is 0 Å². The molecule has 0 aliphatic carbocycles. The van der Waals surface area contributed by atoms with Gasteiger partial charge in [-0.2, -0.15) is 0 Å². The van der Waals surface area contributed by atoms with E-state index in [2.05, 4.69) is 11.4 Å². The third-order valence-electron chi connectivity index (χ3n) is 5.22. The van der Waals surface area contributed by atoms with E-state index in [1.807, 2.05) is 41.8 Å². The lowest BCUT2D eigenvalue weighted by Crippen LogP contribution is -2.53. The van der Waals surface area contributed by atoms with Crippen molar-refractivity contribution in [2.24, 2.45) is 11.7 Å². The summed E-state index contributed by atoms with van der Waals surface area (Å²) in [6.45, 7) is 3.56. The SMILES string of the molecule is CC(N)(C(=O)N1CCC(C(=O)NCCc2cccs2)CC1)c1ccccc1.Cl. The second-order valence-electron chi connectivity index (χ2n) is 7.26. The quantitative estimate of drug-likeness (QED) is 0.752. The fourth-order valence-corrected chi connectivity index (χ4v) is 4.20. The lowest BCUT2D eigenvalue weighted by atomic mass is 9.89. The highest BCUT2D eigenvalue weighted by atomic mass is 35.5. The molecule has 0 radical (unpaired) electrons. The number of piperidine rings is 1. The van der Waals surface area contributed by atoms with E-state index in [0.717, 1.165) is 12.0 Å². The Balaban J connectivity index is 0.00000280. The summed E-state index contributed by atoms with van der Waals surface area (Å²) >= 11 is 1.71. The molecule has 1 aliphatic rings. The van der Waals surface area contributed by atoms with E-state index < -0.39 is 5.54 Å². The molecule has 1 unspecified atom stereocenters. The van der Waals surface area contributed by atoms with Gasteiger partial charge < -0.3 is 16.0 Å². The third-order valence-corrected chi connectivity index (χ3v) is 6.16. The molecule has 3 N–H and O–H groups in total. The third kappa shape index (κ3) is 5.34. The fourth-order valence-electron chi connectivity index (χ4n) is 3.49. The van der Waals surface area contributed by atoms with Crippen molar-refractivity contribution in [3.05, 3.63) is 58.3 Å². The van der Waals surface area contributed by atoms with Crippen LogP contribution in [0.2, 0.25) is 0 Å². The number of hydrogen-bond acceptors (Lipinski definition) is 4. The second-order valence-corrected chi connectivity index (χ2v) is 8.29. The van der Waals surface area contributed by atoms with Crippen LogP contribution < -0.4 is 11.1 Å². The zero-order valence-electron chi connectivity index (χ0n) is 16.1. The topological polar surface area (TPSA) is 75.4 Å². The zero-order chi connectivity index (χ0) is 19.3. The van der Waals surface area contributed by atoms with E-state index in [0.29, 0.717) is 32.5 Å². The van der Waals surface area contributed by atoms with Crippen molar-refractivity contribution in [1.29, 1.82) is 0 Å². The normalized spacial score (nSPS) is 16.7. The van der Waals surface area contributed by atoms with Gasteiger partial charge in [0, 0.05) is 30.4 Å². The number of benzene rings is 1. The van der Waals surface area contributed by atoms with E-state index in [-0.39, 0.29) is 30.1 Å². The summed E-state index contributed by atoms with van der Waals surface area (Å²) in [4.78, 5) is 28.4. The second kappa shape index (κ2) is 10.0. The highest BCUT2D eigenvalue weighted by Crippen LogP contribution is 2.24. The number of nitrogens with one attached hydrogen (secondary N) is 1. The largest absolute Gasteiger partial charge is 0.355 e. The smallest absolute Gasteiger partial charge is 0.246 e. The Morgan fingerprint density at radius 1 is 1.18 bits per heavy atom. The molecule has 1 saturated heterocycles. The fraction of sp³-hybridized carbons (Fsp3) is 0.429. The molecule has 0 saturated carbocycles. The average molecular weight is 422 g/mol. The van der Waals surface area contributed by atoms with E-state index in [4.69, 9.17) is 5.73 Å². The average Bonchev–Trinajstić information content (AvgIpc) is 3.21. The minimum atomic E-state index is -1.04. The Morgan fingerprint density at radius 3 is 2.46 bits per heavy atom. The summed E-state index contributed by atoms with van der Waals surface area (Å²) in [5.41, 5.74) is 6.11. The predicted octanol–water partition coefficient (Wildman–Crippen LogP) is 2.94. The van der Waals surface area contributed by atoms with Crippen LogP contribution in [0.5, 0.6) is 0 Å². The first-order chi connectivity index (χ1) is 13.0. The minimum absolute atomic E-state index is 0. The first-order valence-electron chi connectivity index (χ1n) is 9.42. The van der Waals surface area contributed by atoms with Crippen molar-refractivity contribution in [2.75, 3.05) is 19.6 Å². The zero-order valence-corrected chi connectivity index (χ0v) is 17.7. The minimum Gasteiger partial charge on any atom is -0.355 e. The van der Waals surface area contributed by atoms with Crippen LogP contribution in [0.25, 0.3) is 0 Å². The number of thiophene rings is 1. The Morgan fingerprint density at radius 2 is 1.86 bits per heavy atom. The molecule has 1 aromatic heterocycles. The molecular weight excluding hydrogens is 394 g/mol. The van der Waals surface area contributed by atoms with Crippen LogP contribution in [0.15, 0.2) is 47.8 Å².